The second-order valence-electron chi connectivity index (χ2n) is 6.11. The van der Waals surface area contributed by atoms with Crippen molar-refractivity contribution in [3.8, 4) is 5.75 Å². The lowest BCUT2D eigenvalue weighted by Crippen LogP contribution is -2.43. The first-order valence-corrected chi connectivity index (χ1v) is 9.46. The minimum Gasteiger partial charge on any atom is -0.481 e. The number of carbonyl (C=O) groups excluding carboxylic acids is 1. The highest BCUT2D eigenvalue weighted by Crippen LogP contribution is 2.38. The van der Waals surface area contributed by atoms with Crippen molar-refractivity contribution in [2.75, 3.05) is 11.5 Å². The number of alkyl halides is 6. The van der Waals surface area contributed by atoms with E-state index in [1.54, 1.807) is 0 Å². The fraction of sp³-hybridized carbons (Fsp3) is 0.533. The normalized spacial score (nSPS) is 20.9. The number of carbonyl (C=O) groups is 1. The van der Waals surface area contributed by atoms with Crippen LogP contribution in [0.4, 0.5) is 26.3 Å². The van der Waals surface area contributed by atoms with Crippen molar-refractivity contribution in [1.82, 2.24) is 5.32 Å². The van der Waals surface area contributed by atoms with Crippen LogP contribution >= 0.6 is 0 Å². The molecule has 1 fully saturated rings. The van der Waals surface area contributed by atoms with Crippen molar-refractivity contribution >= 4 is 15.7 Å². The summed E-state index contributed by atoms with van der Waals surface area (Å²) < 4.78 is 105. The number of nitrogens with one attached hydrogen (secondary N) is 1. The lowest BCUT2D eigenvalue weighted by molar-refractivity contribution is -0.143. The Balaban J connectivity index is 2.16. The standard InChI is InChI=1S/C15H15F6NO4S/c1-8(13(23)22-11-2-3-27(24,25)7-11)26-12-5-9(14(16,17)18)4-10(6-12)15(19,20)21/h4-6,8,11H,2-3,7H2,1H3,(H,22,23)/t8-,11+/m1/s1. The zero-order chi connectivity index (χ0) is 20.6. The molecule has 1 amide bonds. The molecule has 0 spiro atoms. The quantitative estimate of drug-likeness (QED) is 0.762. The highest BCUT2D eigenvalue weighted by atomic mass is 32.2. The first kappa shape index (κ1) is 21.3. The fourth-order valence-corrected chi connectivity index (χ4v) is 4.15. The molecule has 0 aromatic heterocycles. The Hall–Kier alpha value is -1.98. The third-order valence-electron chi connectivity index (χ3n) is 3.82. The van der Waals surface area contributed by atoms with E-state index < -0.39 is 57.1 Å². The minimum absolute atomic E-state index is 0.0546. The monoisotopic (exact) mass is 419 g/mol. The van der Waals surface area contributed by atoms with Crippen molar-refractivity contribution < 1.29 is 44.3 Å². The molecule has 1 heterocycles. The summed E-state index contributed by atoms with van der Waals surface area (Å²) in [6, 6.07) is -0.0141. The third-order valence-corrected chi connectivity index (χ3v) is 5.59. The topological polar surface area (TPSA) is 72.5 Å². The second kappa shape index (κ2) is 7.21. The first-order valence-electron chi connectivity index (χ1n) is 7.64. The van der Waals surface area contributed by atoms with Crippen LogP contribution < -0.4 is 10.1 Å². The van der Waals surface area contributed by atoms with Crippen LogP contribution in [0.5, 0.6) is 5.75 Å². The van der Waals surface area contributed by atoms with Crippen LogP contribution in [-0.2, 0) is 27.0 Å². The Labute approximate surface area is 150 Å². The largest absolute Gasteiger partial charge is 0.481 e. The van der Waals surface area contributed by atoms with Crippen LogP contribution in [0.1, 0.15) is 24.5 Å². The van der Waals surface area contributed by atoms with E-state index in [1.165, 1.54) is 0 Å². The summed E-state index contributed by atoms with van der Waals surface area (Å²) >= 11 is 0. The second-order valence-corrected chi connectivity index (χ2v) is 8.34. The van der Waals surface area contributed by atoms with Gasteiger partial charge in [0.2, 0.25) is 0 Å². The molecule has 1 aliphatic rings. The number of halogens is 6. The number of ether oxygens (including phenoxy) is 1. The number of benzene rings is 1. The molecule has 0 bridgehead atoms. The van der Waals surface area contributed by atoms with E-state index in [-0.39, 0.29) is 24.0 Å². The van der Waals surface area contributed by atoms with Crippen LogP contribution in [0.3, 0.4) is 0 Å². The average molecular weight is 419 g/mol. The molecule has 0 unspecified atom stereocenters. The van der Waals surface area contributed by atoms with Gasteiger partial charge in [0.25, 0.3) is 5.91 Å². The van der Waals surface area contributed by atoms with Crippen LogP contribution in [-0.4, -0.2) is 38.0 Å². The van der Waals surface area contributed by atoms with Crippen molar-refractivity contribution in [3.63, 3.8) is 0 Å². The van der Waals surface area contributed by atoms with Crippen LogP contribution in [0.2, 0.25) is 0 Å². The molecule has 2 atom stereocenters. The van der Waals surface area contributed by atoms with E-state index in [4.69, 9.17) is 4.74 Å². The Bertz CT molecular complexity index is 786. The molecule has 1 saturated heterocycles. The van der Waals surface area contributed by atoms with Crippen molar-refractivity contribution in [2.45, 2.75) is 37.8 Å². The van der Waals surface area contributed by atoms with Crippen molar-refractivity contribution in [2.24, 2.45) is 0 Å². The maximum Gasteiger partial charge on any atom is 0.416 e. The fourth-order valence-electron chi connectivity index (χ4n) is 2.48. The van der Waals surface area contributed by atoms with Gasteiger partial charge in [-0.3, -0.25) is 4.79 Å². The van der Waals surface area contributed by atoms with E-state index in [0.717, 1.165) is 6.92 Å². The predicted molar refractivity (Wildman–Crippen MR) is 81.7 cm³/mol. The van der Waals surface area contributed by atoms with Crippen molar-refractivity contribution in [1.29, 1.82) is 0 Å². The number of rotatable bonds is 4. The zero-order valence-corrected chi connectivity index (χ0v) is 14.6. The molecule has 0 radical (unpaired) electrons. The molecule has 152 valence electrons. The summed E-state index contributed by atoms with van der Waals surface area (Å²) in [7, 11) is -3.28. The van der Waals surface area contributed by atoms with E-state index >= 15 is 0 Å². The Morgan fingerprint density at radius 1 is 1.11 bits per heavy atom. The van der Waals surface area contributed by atoms with E-state index in [9.17, 15) is 39.6 Å². The summed E-state index contributed by atoms with van der Waals surface area (Å²) in [6.45, 7) is 1.13. The lowest BCUT2D eigenvalue weighted by Gasteiger charge is -2.19. The molecular weight excluding hydrogens is 404 g/mol. The van der Waals surface area contributed by atoms with Gasteiger partial charge in [0.05, 0.1) is 22.6 Å². The van der Waals surface area contributed by atoms with Gasteiger partial charge in [-0.2, -0.15) is 26.3 Å². The van der Waals surface area contributed by atoms with Gasteiger partial charge in [-0.1, -0.05) is 0 Å². The smallest absolute Gasteiger partial charge is 0.416 e. The van der Waals surface area contributed by atoms with E-state index in [2.05, 4.69) is 5.32 Å². The highest BCUT2D eigenvalue weighted by molar-refractivity contribution is 7.91. The zero-order valence-electron chi connectivity index (χ0n) is 13.8. The molecule has 1 aromatic carbocycles. The SMILES string of the molecule is C[C@@H](Oc1cc(C(F)(F)F)cc(C(F)(F)F)c1)C(=O)N[C@H]1CCS(=O)(=O)C1. The molecule has 27 heavy (non-hydrogen) atoms. The summed E-state index contributed by atoms with van der Waals surface area (Å²) in [5.74, 6) is -2.02. The van der Waals surface area contributed by atoms with Gasteiger partial charge in [-0.05, 0) is 31.5 Å². The molecule has 0 saturated carbocycles. The Morgan fingerprint density at radius 2 is 1.63 bits per heavy atom. The summed E-state index contributed by atoms with van der Waals surface area (Å²) in [5, 5.41) is 2.36. The summed E-state index contributed by atoms with van der Waals surface area (Å²) in [5.41, 5.74) is -3.14. The summed E-state index contributed by atoms with van der Waals surface area (Å²) in [4.78, 5) is 12.0. The van der Waals surface area contributed by atoms with Crippen LogP contribution in [0, 0.1) is 0 Å². The predicted octanol–water partition coefficient (Wildman–Crippen LogP) is 2.79. The van der Waals surface area contributed by atoms with Gasteiger partial charge in [0.15, 0.2) is 15.9 Å². The molecule has 1 N–H and O–H groups in total. The van der Waals surface area contributed by atoms with E-state index in [1.807, 2.05) is 0 Å². The number of hydrogen-bond acceptors (Lipinski definition) is 4. The Kier molecular flexibility index (Phi) is 5.69. The van der Waals surface area contributed by atoms with Crippen molar-refractivity contribution in [3.05, 3.63) is 29.3 Å². The van der Waals surface area contributed by atoms with Gasteiger partial charge in [0, 0.05) is 6.04 Å². The van der Waals surface area contributed by atoms with Gasteiger partial charge in [-0.15, -0.1) is 0 Å². The molecule has 2 rings (SSSR count). The summed E-state index contributed by atoms with van der Waals surface area (Å²) in [6.07, 6.45) is -11.3. The molecule has 5 nitrogen and oxygen atoms in total. The van der Waals surface area contributed by atoms with Gasteiger partial charge < -0.3 is 10.1 Å². The van der Waals surface area contributed by atoms with Crippen LogP contribution in [0.15, 0.2) is 18.2 Å². The first-order chi connectivity index (χ1) is 12.2. The molecule has 12 heteroatoms. The third kappa shape index (κ3) is 5.75. The van der Waals surface area contributed by atoms with Crippen LogP contribution in [0.25, 0.3) is 0 Å². The lowest BCUT2D eigenvalue weighted by atomic mass is 10.1. The molecule has 1 aliphatic heterocycles. The minimum atomic E-state index is -5.04. The highest BCUT2D eigenvalue weighted by Gasteiger charge is 2.37. The number of sulfone groups is 1. The Morgan fingerprint density at radius 3 is 2.04 bits per heavy atom. The maximum absolute atomic E-state index is 12.8. The van der Waals surface area contributed by atoms with Gasteiger partial charge >= 0.3 is 12.4 Å². The average Bonchev–Trinajstić information content (AvgIpc) is 2.83. The number of hydrogen-bond donors (Lipinski definition) is 1. The molecule has 0 aliphatic carbocycles. The molecular formula is C15H15F6NO4S. The van der Waals surface area contributed by atoms with Gasteiger partial charge in [0.1, 0.15) is 5.75 Å². The maximum atomic E-state index is 12.8. The molecule has 1 aromatic rings. The van der Waals surface area contributed by atoms with Gasteiger partial charge in [-0.25, -0.2) is 8.42 Å². The number of amides is 1. The van der Waals surface area contributed by atoms with E-state index in [0.29, 0.717) is 12.1 Å².